The molecule has 6 nitrogen and oxygen atoms in total. The molecule has 0 aliphatic carbocycles. The fourth-order valence-corrected chi connectivity index (χ4v) is 1.23. The Morgan fingerprint density at radius 1 is 1.50 bits per heavy atom. The molecular weight excluding hydrogens is 204 g/mol. The number of nitrogens with one attached hydrogen (secondary N) is 1. The second-order valence-corrected chi connectivity index (χ2v) is 4.67. The molecule has 0 heterocycles. The van der Waals surface area contributed by atoms with Crippen LogP contribution in [-0.2, 0) is 10.2 Å². The third-order valence-corrected chi connectivity index (χ3v) is 1.94. The van der Waals surface area contributed by atoms with E-state index in [0.29, 0.717) is 12.5 Å². The molecule has 0 radical (unpaired) electrons. The third kappa shape index (κ3) is 9.27. The first kappa shape index (κ1) is 13.2. The van der Waals surface area contributed by atoms with Gasteiger partial charge in [-0.25, -0.2) is 5.14 Å². The Balaban J connectivity index is 3.75. The van der Waals surface area contributed by atoms with Crippen LogP contribution in [0.25, 0.3) is 0 Å². The Kier molecular flexibility index (Phi) is 5.47. The zero-order valence-corrected chi connectivity index (χ0v) is 9.34. The van der Waals surface area contributed by atoms with Gasteiger partial charge in [0.25, 0.3) is 0 Å². The van der Waals surface area contributed by atoms with Gasteiger partial charge in [-0.1, -0.05) is 13.8 Å². The van der Waals surface area contributed by atoms with Gasteiger partial charge < -0.3 is 11.1 Å². The van der Waals surface area contributed by atoms with E-state index in [9.17, 15) is 8.42 Å². The maximum Gasteiger partial charge on any atom is 0.320 e. The molecule has 7 heteroatoms. The first-order chi connectivity index (χ1) is 6.31. The van der Waals surface area contributed by atoms with Crippen LogP contribution >= 0.6 is 0 Å². The molecule has 0 aliphatic heterocycles. The van der Waals surface area contributed by atoms with E-state index in [0.717, 1.165) is 12.8 Å². The van der Waals surface area contributed by atoms with Crippen molar-refractivity contribution >= 4 is 16.2 Å². The molecule has 0 aromatic heterocycles. The van der Waals surface area contributed by atoms with E-state index in [-0.39, 0.29) is 5.96 Å². The molecule has 0 saturated carbocycles. The van der Waals surface area contributed by atoms with Gasteiger partial charge in [0, 0.05) is 6.54 Å². The van der Waals surface area contributed by atoms with Crippen LogP contribution in [0.5, 0.6) is 0 Å². The van der Waals surface area contributed by atoms with Crippen molar-refractivity contribution in [3.63, 3.8) is 0 Å². The van der Waals surface area contributed by atoms with Crippen LogP contribution in [0.15, 0.2) is 4.40 Å². The van der Waals surface area contributed by atoms with Crippen molar-refractivity contribution in [1.29, 1.82) is 0 Å². The average molecular weight is 222 g/mol. The van der Waals surface area contributed by atoms with Crippen LogP contribution in [0.4, 0.5) is 0 Å². The summed E-state index contributed by atoms with van der Waals surface area (Å²) in [7, 11) is -3.88. The lowest BCUT2D eigenvalue weighted by Gasteiger charge is -2.06. The second kappa shape index (κ2) is 5.82. The monoisotopic (exact) mass is 222 g/mol. The smallest absolute Gasteiger partial charge is 0.320 e. The number of hydrogen-bond acceptors (Lipinski definition) is 2. The highest BCUT2D eigenvalue weighted by Gasteiger charge is 2.00. The van der Waals surface area contributed by atoms with Crippen LogP contribution in [0.2, 0.25) is 0 Å². The number of rotatable bonds is 5. The molecule has 0 bridgehead atoms. The molecule has 0 atom stereocenters. The summed E-state index contributed by atoms with van der Waals surface area (Å²) in [6.07, 6.45) is 1.97. The Morgan fingerprint density at radius 2 is 2.07 bits per heavy atom. The molecule has 0 aliphatic rings. The Hall–Kier alpha value is -0.820. The van der Waals surface area contributed by atoms with Crippen molar-refractivity contribution in [3.8, 4) is 0 Å². The predicted molar refractivity (Wildman–Crippen MR) is 56.8 cm³/mol. The van der Waals surface area contributed by atoms with Crippen molar-refractivity contribution in [1.82, 2.24) is 5.32 Å². The predicted octanol–water partition coefficient (Wildman–Crippen LogP) is -0.470. The van der Waals surface area contributed by atoms with Gasteiger partial charge in [-0.3, -0.25) is 0 Å². The summed E-state index contributed by atoms with van der Waals surface area (Å²) in [5, 5.41) is 7.32. The standard InChI is InChI=1S/C7H18N4O2S/c1-6(2)4-3-5-10-7(8)11-14(9,12)13/h6H,3-5H2,1-2H3,(H3,8,10,11)(H2,9,12,13). The van der Waals surface area contributed by atoms with Crippen LogP contribution in [0, 0.1) is 5.92 Å². The molecule has 0 rings (SSSR count). The SMILES string of the molecule is CC(C)CCCN/C(N)=N/S(N)(=O)=O. The Labute approximate surface area is 85.0 Å². The molecule has 0 aromatic rings. The maximum absolute atomic E-state index is 10.5. The molecule has 0 aromatic carbocycles. The van der Waals surface area contributed by atoms with Gasteiger partial charge in [-0.15, -0.1) is 4.40 Å². The first-order valence-electron chi connectivity index (χ1n) is 4.43. The lowest BCUT2D eigenvalue weighted by atomic mass is 10.1. The summed E-state index contributed by atoms with van der Waals surface area (Å²) in [6, 6.07) is 0. The summed E-state index contributed by atoms with van der Waals surface area (Å²) in [4.78, 5) is 0. The third-order valence-electron chi connectivity index (χ3n) is 1.49. The molecule has 0 amide bonds. The molecular formula is C7H18N4O2S. The Morgan fingerprint density at radius 3 is 2.50 bits per heavy atom. The average Bonchev–Trinajstić information content (AvgIpc) is 1.94. The van der Waals surface area contributed by atoms with Gasteiger partial charge in [0.1, 0.15) is 0 Å². The highest BCUT2D eigenvalue weighted by molar-refractivity contribution is 7.88. The summed E-state index contributed by atoms with van der Waals surface area (Å²) in [5.41, 5.74) is 5.26. The van der Waals surface area contributed by atoms with Crippen molar-refractivity contribution in [3.05, 3.63) is 0 Å². The summed E-state index contributed by atoms with van der Waals surface area (Å²) in [6.45, 7) is 4.83. The molecule has 84 valence electrons. The lowest BCUT2D eigenvalue weighted by Crippen LogP contribution is -2.34. The van der Waals surface area contributed by atoms with E-state index in [1.54, 1.807) is 0 Å². The van der Waals surface area contributed by atoms with E-state index in [1.165, 1.54) is 0 Å². The molecule has 14 heavy (non-hydrogen) atoms. The van der Waals surface area contributed by atoms with Gasteiger partial charge >= 0.3 is 10.2 Å². The van der Waals surface area contributed by atoms with Gasteiger partial charge in [0.05, 0.1) is 0 Å². The van der Waals surface area contributed by atoms with E-state index in [2.05, 4.69) is 28.7 Å². The minimum Gasteiger partial charge on any atom is -0.369 e. The normalized spacial score (nSPS) is 13.3. The van der Waals surface area contributed by atoms with Crippen LogP contribution in [0.1, 0.15) is 26.7 Å². The first-order valence-corrected chi connectivity index (χ1v) is 5.93. The highest BCUT2D eigenvalue weighted by atomic mass is 32.2. The van der Waals surface area contributed by atoms with Crippen molar-refractivity contribution < 1.29 is 8.42 Å². The topological polar surface area (TPSA) is 111 Å². The van der Waals surface area contributed by atoms with E-state index in [4.69, 9.17) is 5.73 Å². The summed E-state index contributed by atoms with van der Waals surface area (Å²) >= 11 is 0. The van der Waals surface area contributed by atoms with E-state index >= 15 is 0 Å². The quantitative estimate of drug-likeness (QED) is 0.332. The van der Waals surface area contributed by atoms with E-state index < -0.39 is 10.2 Å². The largest absolute Gasteiger partial charge is 0.369 e. The van der Waals surface area contributed by atoms with Crippen molar-refractivity contribution in [2.24, 2.45) is 21.2 Å². The van der Waals surface area contributed by atoms with Crippen LogP contribution in [0.3, 0.4) is 0 Å². The molecule has 0 spiro atoms. The van der Waals surface area contributed by atoms with Crippen LogP contribution in [-0.4, -0.2) is 20.9 Å². The van der Waals surface area contributed by atoms with Gasteiger partial charge in [-0.2, -0.15) is 8.42 Å². The number of nitrogens with two attached hydrogens (primary N) is 2. The van der Waals surface area contributed by atoms with Crippen molar-refractivity contribution in [2.75, 3.05) is 6.54 Å². The molecule has 5 N–H and O–H groups in total. The summed E-state index contributed by atoms with van der Waals surface area (Å²) in [5.74, 6) is 0.462. The number of hydrogen-bond donors (Lipinski definition) is 3. The zero-order chi connectivity index (χ0) is 11.2. The van der Waals surface area contributed by atoms with Crippen molar-refractivity contribution in [2.45, 2.75) is 26.7 Å². The van der Waals surface area contributed by atoms with E-state index in [1.807, 2.05) is 0 Å². The highest BCUT2D eigenvalue weighted by Crippen LogP contribution is 2.01. The fourth-order valence-electron chi connectivity index (χ4n) is 0.896. The van der Waals surface area contributed by atoms with Gasteiger partial charge in [0.2, 0.25) is 5.96 Å². The lowest BCUT2D eigenvalue weighted by molar-refractivity contribution is 0.551. The van der Waals surface area contributed by atoms with Crippen LogP contribution < -0.4 is 16.2 Å². The fraction of sp³-hybridized carbons (Fsp3) is 0.857. The number of guanidine groups is 1. The minimum absolute atomic E-state index is 0.156. The molecule has 0 fully saturated rings. The molecule has 0 unspecified atom stereocenters. The molecule has 0 saturated heterocycles. The van der Waals surface area contributed by atoms with Gasteiger partial charge in [-0.05, 0) is 18.8 Å². The zero-order valence-electron chi connectivity index (χ0n) is 8.53. The Bertz CT molecular complexity index is 284. The summed E-state index contributed by atoms with van der Waals surface area (Å²) < 4.78 is 24.0. The minimum atomic E-state index is -3.88. The maximum atomic E-state index is 10.5. The van der Waals surface area contributed by atoms with Gasteiger partial charge in [0.15, 0.2) is 0 Å². The second-order valence-electron chi connectivity index (χ2n) is 3.45. The number of nitrogens with zero attached hydrogens (tertiary/aromatic N) is 1.